The Morgan fingerprint density at radius 1 is 1.19 bits per heavy atom. The van der Waals surface area contributed by atoms with E-state index >= 15 is 0 Å². The molecule has 0 aromatic heterocycles. The highest BCUT2D eigenvalue weighted by Crippen LogP contribution is 2.15. The molecular weight excluding hydrogens is 200 g/mol. The predicted octanol–water partition coefficient (Wildman–Crippen LogP) is 2.32. The summed E-state index contributed by atoms with van der Waals surface area (Å²) in [6.45, 7) is 8.56. The number of hydrogen-bond acceptors (Lipinski definition) is 2. The van der Waals surface area contributed by atoms with E-state index in [4.69, 9.17) is 0 Å². The van der Waals surface area contributed by atoms with Gasteiger partial charge in [-0.25, -0.2) is 0 Å². The van der Waals surface area contributed by atoms with Gasteiger partial charge < -0.3 is 10.6 Å². The number of carbonyl (C=O) groups excluding carboxylic acids is 1. The first kappa shape index (κ1) is 15.4. The average molecular weight is 228 g/mol. The molecule has 0 aliphatic rings. The molecule has 0 aromatic rings. The summed E-state index contributed by atoms with van der Waals surface area (Å²) in [7, 11) is 0. The van der Waals surface area contributed by atoms with E-state index in [9.17, 15) is 4.79 Å². The number of unbranched alkanes of at least 4 members (excludes halogenated alkanes) is 1. The highest BCUT2D eigenvalue weighted by molar-refractivity contribution is 5.77. The number of rotatable bonds is 10. The van der Waals surface area contributed by atoms with Crippen molar-refractivity contribution in [2.75, 3.05) is 19.6 Å². The molecule has 1 unspecified atom stereocenters. The zero-order valence-electron chi connectivity index (χ0n) is 11.1. The van der Waals surface area contributed by atoms with E-state index in [0.29, 0.717) is 13.1 Å². The molecule has 0 aromatic carbocycles. The van der Waals surface area contributed by atoms with E-state index in [1.54, 1.807) is 0 Å². The molecule has 0 saturated carbocycles. The number of likely N-dealkylation sites (N-methyl/N-ethyl adjacent to an activating group) is 1. The second-order valence-corrected chi connectivity index (χ2v) is 4.34. The maximum Gasteiger partial charge on any atom is 0.233 e. The lowest BCUT2D eigenvalue weighted by Gasteiger charge is -2.14. The van der Waals surface area contributed by atoms with Crippen LogP contribution in [0.5, 0.6) is 0 Å². The minimum absolute atomic E-state index is 0.101. The molecule has 0 aliphatic heterocycles. The third-order valence-corrected chi connectivity index (χ3v) is 2.93. The molecule has 16 heavy (non-hydrogen) atoms. The fraction of sp³-hybridized carbons (Fsp3) is 0.923. The minimum Gasteiger partial charge on any atom is -0.355 e. The van der Waals surface area contributed by atoms with Gasteiger partial charge in [-0.15, -0.1) is 0 Å². The van der Waals surface area contributed by atoms with E-state index in [1.165, 1.54) is 32.1 Å². The van der Waals surface area contributed by atoms with Gasteiger partial charge in [0.1, 0.15) is 0 Å². The number of hydrogen-bond donors (Lipinski definition) is 2. The number of carbonyl (C=O) groups is 1. The standard InChI is InChI=1S/C13H28N2O/c1-4-7-8-12(5-2)9-10-14-11-13(16)15-6-3/h12,14H,4-11H2,1-3H3,(H,15,16). The molecule has 96 valence electrons. The Morgan fingerprint density at radius 3 is 2.50 bits per heavy atom. The van der Waals surface area contributed by atoms with Gasteiger partial charge in [0.25, 0.3) is 0 Å². The van der Waals surface area contributed by atoms with Crippen molar-refractivity contribution in [2.45, 2.75) is 52.9 Å². The third kappa shape index (κ3) is 8.72. The Hall–Kier alpha value is -0.570. The van der Waals surface area contributed by atoms with Crippen LogP contribution in [0, 0.1) is 5.92 Å². The van der Waals surface area contributed by atoms with Gasteiger partial charge in [-0.3, -0.25) is 4.79 Å². The van der Waals surface area contributed by atoms with Crippen molar-refractivity contribution in [3.05, 3.63) is 0 Å². The summed E-state index contributed by atoms with van der Waals surface area (Å²) in [6, 6.07) is 0. The highest BCUT2D eigenvalue weighted by atomic mass is 16.1. The lowest BCUT2D eigenvalue weighted by atomic mass is 9.96. The largest absolute Gasteiger partial charge is 0.355 e. The van der Waals surface area contributed by atoms with Crippen molar-refractivity contribution >= 4 is 5.91 Å². The van der Waals surface area contributed by atoms with Crippen molar-refractivity contribution in [2.24, 2.45) is 5.92 Å². The van der Waals surface area contributed by atoms with Crippen molar-refractivity contribution < 1.29 is 4.79 Å². The van der Waals surface area contributed by atoms with E-state index in [0.717, 1.165) is 12.5 Å². The molecule has 2 N–H and O–H groups in total. The molecule has 3 heteroatoms. The molecule has 0 spiro atoms. The first-order valence-electron chi connectivity index (χ1n) is 6.71. The Labute approximate surface area is 100 Å². The molecule has 1 amide bonds. The third-order valence-electron chi connectivity index (χ3n) is 2.93. The smallest absolute Gasteiger partial charge is 0.233 e. The topological polar surface area (TPSA) is 41.1 Å². The molecule has 1 atom stereocenters. The zero-order valence-corrected chi connectivity index (χ0v) is 11.1. The molecule has 0 saturated heterocycles. The van der Waals surface area contributed by atoms with Crippen LogP contribution < -0.4 is 10.6 Å². The average Bonchev–Trinajstić information content (AvgIpc) is 2.28. The first-order chi connectivity index (χ1) is 7.74. The maximum atomic E-state index is 11.2. The van der Waals surface area contributed by atoms with Crippen molar-refractivity contribution in [3.63, 3.8) is 0 Å². The van der Waals surface area contributed by atoms with E-state index in [2.05, 4.69) is 24.5 Å². The lowest BCUT2D eigenvalue weighted by molar-refractivity contribution is -0.120. The van der Waals surface area contributed by atoms with Crippen LogP contribution in [0.15, 0.2) is 0 Å². The van der Waals surface area contributed by atoms with Gasteiger partial charge in [0, 0.05) is 6.54 Å². The van der Waals surface area contributed by atoms with Crippen LogP contribution in [0.2, 0.25) is 0 Å². The SMILES string of the molecule is CCCCC(CC)CCNCC(=O)NCC. The molecule has 0 fully saturated rings. The van der Waals surface area contributed by atoms with Crippen LogP contribution in [0.4, 0.5) is 0 Å². The van der Waals surface area contributed by atoms with Crippen LogP contribution in [-0.2, 0) is 4.79 Å². The molecule has 0 radical (unpaired) electrons. The fourth-order valence-electron chi connectivity index (χ4n) is 1.81. The van der Waals surface area contributed by atoms with Crippen LogP contribution >= 0.6 is 0 Å². The number of nitrogens with one attached hydrogen (secondary N) is 2. The summed E-state index contributed by atoms with van der Waals surface area (Å²) in [6.07, 6.45) is 6.38. The second kappa shape index (κ2) is 10.9. The summed E-state index contributed by atoms with van der Waals surface area (Å²) < 4.78 is 0. The molecular formula is C13H28N2O. The second-order valence-electron chi connectivity index (χ2n) is 4.34. The maximum absolute atomic E-state index is 11.2. The molecule has 0 rings (SSSR count). The monoisotopic (exact) mass is 228 g/mol. The van der Waals surface area contributed by atoms with Gasteiger partial charge in [-0.2, -0.15) is 0 Å². The van der Waals surface area contributed by atoms with E-state index in [1.807, 2.05) is 6.92 Å². The Morgan fingerprint density at radius 2 is 1.94 bits per heavy atom. The van der Waals surface area contributed by atoms with Crippen LogP contribution in [0.3, 0.4) is 0 Å². The predicted molar refractivity (Wildman–Crippen MR) is 69.5 cm³/mol. The zero-order chi connectivity index (χ0) is 12.2. The molecule has 3 nitrogen and oxygen atoms in total. The van der Waals surface area contributed by atoms with Gasteiger partial charge in [0.05, 0.1) is 6.54 Å². The van der Waals surface area contributed by atoms with Crippen LogP contribution in [-0.4, -0.2) is 25.5 Å². The van der Waals surface area contributed by atoms with Crippen LogP contribution in [0.1, 0.15) is 52.9 Å². The van der Waals surface area contributed by atoms with E-state index < -0.39 is 0 Å². The van der Waals surface area contributed by atoms with E-state index in [-0.39, 0.29) is 5.91 Å². The van der Waals surface area contributed by atoms with Gasteiger partial charge in [0.15, 0.2) is 0 Å². The first-order valence-corrected chi connectivity index (χ1v) is 6.71. The summed E-state index contributed by atoms with van der Waals surface area (Å²) in [5, 5.41) is 5.98. The summed E-state index contributed by atoms with van der Waals surface area (Å²) >= 11 is 0. The van der Waals surface area contributed by atoms with Crippen molar-refractivity contribution in [3.8, 4) is 0 Å². The summed E-state index contributed by atoms with van der Waals surface area (Å²) in [5.74, 6) is 0.922. The number of amides is 1. The molecule has 0 bridgehead atoms. The molecule has 0 heterocycles. The summed E-state index contributed by atoms with van der Waals surface area (Å²) in [4.78, 5) is 11.2. The molecule has 0 aliphatic carbocycles. The quantitative estimate of drug-likeness (QED) is 0.563. The van der Waals surface area contributed by atoms with Gasteiger partial charge in [0.2, 0.25) is 5.91 Å². The van der Waals surface area contributed by atoms with Gasteiger partial charge in [-0.05, 0) is 25.8 Å². The van der Waals surface area contributed by atoms with Crippen molar-refractivity contribution in [1.82, 2.24) is 10.6 Å². The normalized spacial score (nSPS) is 12.4. The van der Waals surface area contributed by atoms with Crippen LogP contribution in [0.25, 0.3) is 0 Å². The Balaban J connectivity index is 3.43. The van der Waals surface area contributed by atoms with Gasteiger partial charge in [-0.1, -0.05) is 39.5 Å². The van der Waals surface area contributed by atoms with Gasteiger partial charge >= 0.3 is 0 Å². The Kier molecular flexibility index (Phi) is 10.5. The fourth-order valence-corrected chi connectivity index (χ4v) is 1.81. The highest BCUT2D eigenvalue weighted by Gasteiger charge is 2.05. The summed E-state index contributed by atoms with van der Waals surface area (Å²) in [5.41, 5.74) is 0. The lowest BCUT2D eigenvalue weighted by Crippen LogP contribution is -2.34. The van der Waals surface area contributed by atoms with Crippen molar-refractivity contribution in [1.29, 1.82) is 0 Å². The minimum atomic E-state index is 0.101. The Bertz CT molecular complexity index is 171.